The Bertz CT molecular complexity index is 1070. The number of hydrazone groups is 1. The van der Waals surface area contributed by atoms with Crippen LogP contribution in [-0.2, 0) is 6.61 Å². The maximum absolute atomic E-state index is 13.1. The average Bonchev–Trinajstić information content (AvgIpc) is 2.76. The van der Waals surface area contributed by atoms with Crippen molar-refractivity contribution in [2.75, 3.05) is 12.0 Å². The van der Waals surface area contributed by atoms with Gasteiger partial charge >= 0.3 is 0 Å². The Hall–Kier alpha value is -3.46. The van der Waals surface area contributed by atoms with Gasteiger partial charge in [0.1, 0.15) is 12.4 Å². The van der Waals surface area contributed by atoms with E-state index in [1.165, 1.54) is 24.3 Å². The van der Waals surface area contributed by atoms with Crippen molar-refractivity contribution in [1.29, 1.82) is 0 Å². The first-order valence-electron chi connectivity index (χ1n) is 9.33. The molecule has 7 nitrogen and oxygen atoms in total. The van der Waals surface area contributed by atoms with Crippen molar-refractivity contribution in [3.63, 3.8) is 0 Å². The molecule has 31 heavy (non-hydrogen) atoms. The highest BCUT2D eigenvalue weighted by Gasteiger charge is 2.11. The molecular weight excluding hydrogens is 469 g/mol. The van der Waals surface area contributed by atoms with Crippen molar-refractivity contribution in [1.82, 2.24) is 0 Å². The largest absolute Gasteiger partial charge is 0.490 e. The fourth-order valence-corrected chi connectivity index (χ4v) is 3.03. The van der Waals surface area contributed by atoms with Crippen LogP contribution < -0.4 is 14.9 Å². The van der Waals surface area contributed by atoms with Gasteiger partial charge in [-0.25, -0.2) is 4.39 Å². The number of anilines is 1. The van der Waals surface area contributed by atoms with Crippen LogP contribution in [0.3, 0.4) is 0 Å². The summed E-state index contributed by atoms with van der Waals surface area (Å²) in [5, 5.41) is 14.9. The predicted molar refractivity (Wildman–Crippen MR) is 120 cm³/mol. The lowest BCUT2D eigenvalue weighted by Crippen LogP contribution is -2.01. The van der Waals surface area contributed by atoms with Gasteiger partial charge in [-0.15, -0.1) is 0 Å². The van der Waals surface area contributed by atoms with E-state index in [2.05, 4.69) is 26.5 Å². The molecule has 0 aliphatic heterocycles. The van der Waals surface area contributed by atoms with E-state index in [1.54, 1.807) is 42.6 Å². The minimum atomic E-state index is -0.459. The quantitative estimate of drug-likeness (QED) is 0.230. The molecule has 0 atom stereocenters. The Balaban J connectivity index is 1.71. The summed E-state index contributed by atoms with van der Waals surface area (Å²) in [5.74, 6) is 0.788. The van der Waals surface area contributed by atoms with Crippen LogP contribution in [0.5, 0.6) is 11.5 Å². The number of ether oxygens (including phenoxy) is 2. The number of nitrogens with zero attached hydrogens (tertiary/aromatic N) is 2. The molecule has 0 aliphatic rings. The molecule has 0 aliphatic carbocycles. The van der Waals surface area contributed by atoms with Crippen molar-refractivity contribution in [3.05, 3.63) is 92.2 Å². The molecule has 0 spiro atoms. The molecule has 0 fully saturated rings. The number of nitro groups is 1. The zero-order valence-corrected chi connectivity index (χ0v) is 18.1. The van der Waals surface area contributed by atoms with Gasteiger partial charge in [0.15, 0.2) is 11.5 Å². The van der Waals surface area contributed by atoms with Crippen LogP contribution in [0, 0.1) is 15.9 Å². The third-order valence-corrected chi connectivity index (χ3v) is 4.83. The summed E-state index contributed by atoms with van der Waals surface area (Å²) >= 11 is 3.50. The summed E-state index contributed by atoms with van der Waals surface area (Å²) in [5.41, 5.74) is 5.02. The van der Waals surface area contributed by atoms with Crippen molar-refractivity contribution >= 4 is 33.5 Å². The summed E-state index contributed by atoms with van der Waals surface area (Å²) in [6.45, 7) is 2.59. The van der Waals surface area contributed by atoms with E-state index in [9.17, 15) is 14.5 Å². The number of rotatable bonds is 9. The number of nitro benzene ring substituents is 1. The molecule has 0 heterocycles. The summed E-state index contributed by atoms with van der Waals surface area (Å²) in [7, 11) is 0. The van der Waals surface area contributed by atoms with E-state index < -0.39 is 4.92 Å². The van der Waals surface area contributed by atoms with Crippen molar-refractivity contribution in [2.45, 2.75) is 13.5 Å². The lowest BCUT2D eigenvalue weighted by molar-refractivity contribution is -0.384. The zero-order chi connectivity index (χ0) is 22.2. The van der Waals surface area contributed by atoms with Crippen LogP contribution in [0.4, 0.5) is 15.8 Å². The standard InChI is InChI=1S/C22H19BrFN3O4/c1-2-30-21-11-16(13-25-26-18-7-9-19(10-8-18)27(28)29)20(23)12-22(21)31-14-15-3-5-17(24)6-4-15/h3-13,26H,2,14H2,1H3/b25-13+. The van der Waals surface area contributed by atoms with Gasteiger partial charge in [0, 0.05) is 22.2 Å². The van der Waals surface area contributed by atoms with Crippen molar-refractivity contribution < 1.29 is 18.8 Å². The van der Waals surface area contributed by atoms with Crippen LogP contribution in [-0.4, -0.2) is 17.7 Å². The van der Waals surface area contributed by atoms with Gasteiger partial charge in [0.05, 0.1) is 23.4 Å². The fraction of sp³-hybridized carbons (Fsp3) is 0.136. The lowest BCUT2D eigenvalue weighted by Gasteiger charge is -2.14. The van der Waals surface area contributed by atoms with E-state index in [4.69, 9.17) is 9.47 Å². The number of non-ortho nitro benzene ring substituents is 1. The van der Waals surface area contributed by atoms with Gasteiger partial charge in [-0.2, -0.15) is 5.10 Å². The normalized spacial score (nSPS) is 10.8. The SMILES string of the molecule is CCOc1cc(/C=N/Nc2ccc([N+](=O)[O-])cc2)c(Br)cc1OCc1ccc(F)cc1. The highest BCUT2D eigenvalue weighted by molar-refractivity contribution is 9.10. The third-order valence-electron chi connectivity index (χ3n) is 4.15. The molecule has 3 aromatic rings. The van der Waals surface area contributed by atoms with E-state index in [1.807, 2.05) is 6.92 Å². The predicted octanol–water partition coefficient (Wildman–Crippen LogP) is 5.92. The Morgan fingerprint density at radius 1 is 1.10 bits per heavy atom. The fourth-order valence-electron chi connectivity index (χ4n) is 2.61. The topological polar surface area (TPSA) is 86.0 Å². The van der Waals surface area contributed by atoms with Crippen LogP contribution in [0.1, 0.15) is 18.1 Å². The summed E-state index contributed by atoms with van der Waals surface area (Å²) in [6, 6.07) is 15.6. The van der Waals surface area contributed by atoms with E-state index >= 15 is 0 Å². The highest BCUT2D eigenvalue weighted by Crippen LogP contribution is 2.34. The van der Waals surface area contributed by atoms with Gasteiger partial charge in [-0.05, 0) is 64.8 Å². The Morgan fingerprint density at radius 3 is 2.42 bits per heavy atom. The molecule has 0 radical (unpaired) electrons. The van der Waals surface area contributed by atoms with Gasteiger partial charge in [-0.3, -0.25) is 15.5 Å². The summed E-state index contributed by atoms with van der Waals surface area (Å²) in [4.78, 5) is 10.3. The summed E-state index contributed by atoms with van der Waals surface area (Å²) in [6.07, 6.45) is 1.60. The Morgan fingerprint density at radius 2 is 1.77 bits per heavy atom. The Labute approximate surface area is 186 Å². The minimum Gasteiger partial charge on any atom is -0.490 e. The molecule has 1 N–H and O–H groups in total. The molecule has 0 bridgehead atoms. The average molecular weight is 488 g/mol. The lowest BCUT2D eigenvalue weighted by atomic mass is 10.2. The molecular formula is C22H19BrFN3O4. The van der Waals surface area contributed by atoms with Crippen LogP contribution in [0.25, 0.3) is 0 Å². The zero-order valence-electron chi connectivity index (χ0n) is 16.5. The van der Waals surface area contributed by atoms with Gasteiger partial charge < -0.3 is 9.47 Å². The first-order chi connectivity index (χ1) is 15.0. The molecule has 0 saturated heterocycles. The molecule has 160 valence electrons. The first-order valence-corrected chi connectivity index (χ1v) is 10.1. The Kier molecular flexibility index (Phi) is 7.55. The van der Waals surface area contributed by atoms with Crippen LogP contribution in [0.2, 0.25) is 0 Å². The third kappa shape index (κ3) is 6.26. The maximum Gasteiger partial charge on any atom is 0.269 e. The van der Waals surface area contributed by atoms with E-state index in [-0.39, 0.29) is 18.1 Å². The molecule has 3 rings (SSSR count). The first kappa shape index (κ1) is 22.2. The molecule has 9 heteroatoms. The number of benzene rings is 3. The van der Waals surface area contributed by atoms with Gasteiger partial charge in [0.2, 0.25) is 0 Å². The monoisotopic (exact) mass is 487 g/mol. The number of hydrogen-bond donors (Lipinski definition) is 1. The number of halogens is 2. The molecule has 0 amide bonds. The molecule has 0 saturated carbocycles. The van der Waals surface area contributed by atoms with E-state index in [0.717, 1.165) is 15.6 Å². The maximum atomic E-state index is 13.1. The molecule has 0 aromatic heterocycles. The van der Waals surface area contributed by atoms with Crippen LogP contribution >= 0.6 is 15.9 Å². The smallest absolute Gasteiger partial charge is 0.269 e. The highest BCUT2D eigenvalue weighted by atomic mass is 79.9. The van der Waals surface area contributed by atoms with Crippen LogP contribution in [0.15, 0.2) is 70.2 Å². The van der Waals surface area contributed by atoms with E-state index in [0.29, 0.717) is 23.8 Å². The number of hydrogen-bond acceptors (Lipinski definition) is 6. The molecule has 3 aromatic carbocycles. The molecule has 0 unspecified atom stereocenters. The summed E-state index contributed by atoms with van der Waals surface area (Å²) < 4.78 is 25.3. The second-order valence-corrected chi connectivity index (χ2v) is 7.20. The number of nitrogens with one attached hydrogen (secondary N) is 1. The van der Waals surface area contributed by atoms with Gasteiger partial charge in [-0.1, -0.05) is 12.1 Å². The second kappa shape index (κ2) is 10.5. The van der Waals surface area contributed by atoms with Crippen molar-refractivity contribution in [2.24, 2.45) is 5.10 Å². The minimum absolute atomic E-state index is 0.00913. The van der Waals surface area contributed by atoms with Crippen molar-refractivity contribution in [3.8, 4) is 11.5 Å². The van der Waals surface area contributed by atoms with Gasteiger partial charge in [0.25, 0.3) is 5.69 Å². The second-order valence-electron chi connectivity index (χ2n) is 6.34.